The van der Waals surface area contributed by atoms with Gasteiger partial charge in [-0.2, -0.15) is 26.3 Å². The van der Waals surface area contributed by atoms with Crippen LogP contribution in [0.1, 0.15) is 40.9 Å². The van der Waals surface area contributed by atoms with Crippen molar-refractivity contribution in [2.24, 2.45) is 5.41 Å². The molecule has 0 bridgehead atoms. The van der Waals surface area contributed by atoms with E-state index in [0.29, 0.717) is 12.1 Å². The third-order valence-corrected chi connectivity index (χ3v) is 5.67. The molecule has 1 aliphatic heterocycles. The van der Waals surface area contributed by atoms with Crippen molar-refractivity contribution in [1.29, 1.82) is 0 Å². The number of aromatic hydroxyl groups is 1. The molecule has 2 aromatic rings. The average Bonchev–Trinajstić information content (AvgIpc) is 2.90. The largest absolute Gasteiger partial charge is 0.507 e. The van der Waals surface area contributed by atoms with Crippen LogP contribution in [0.2, 0.25) is 0 Å². The van der Waals surface area contributed by atoms with Gasteiger partial charge in [-0.1, -0.05) is 18.2 Å². The number of amides is 2. The van der Waals surface area contributed by atoms with Crippen molar-refractivity contribution in [3.05, 3.63) is 64.7 Å². The minimum atomic E-state index is -4.74. The van der Waals surface area contributed by atoms with Gasteiger partial charge < -0.3 is 15.3 Å². The minimum Gasteiger partial charge on any atom is -0.507 e. The van der Waals surface area contributed by atoms with E-state index >= 15 is 0 Å². The number of halogens is 6. The lowest BCUT2D eigenvalue weighted by Crippen LogP contribution is -2.45. The molecule has 11 heteroatoms. The van der Waals surface area contributed by atoms with E-state index < -0.39 is 58.1 Å². The Morgan fingerprint density at radius 2 is 1.73 bits per heavy atom. The molecule has 1 aliphatic rings. The molecule has 5 nitrogen and oxygen atoms in total. The second-order valence-corrected chi connectivity index (χ2v) is 8.32. The maximum absolute atomic E-state index is 13.3. The van der Waals surface area contributed by atoms with E-state index in [4.69, 9.17) is 0 Å². The summed E-state index contributed by atoms with van der Waals surface area (Å²) in [6, 6.07) is 5.71. The first-order chi connectivity index (χ1) is 15.1. The summed E-state index contributed by atoms with van der Waals surface area (Å²) < 4.78 is 78.8. The first-order valence-corrected chi connectivity index (χ1v) is 9.78. The highest BCUT2D eigenvalue weighted by Gasteiger charge is 2.48. The van der Waals surface area contributed by atoms with Crippen LogP contribution in [0.15, 0.2) is 42.5 Å². The van der Waals surface area contributed by atoms with Gasteiger partial charge in [-0.25, -0.2) is 0 Å². The van der Waals surface area contributed by atoms with Crippen molar-refractivity contribution >= 4 is 11.8 Å². The van der Waals surface area contributed by atoms with Gasteiger partial charge in [-0.15, -0.1) is 0 Å². The van der Waals surface area contributed by atoms with Crippen molar-refractivity contribution in [3.63, 3.8) is 0 Å². The number of phenols is 1. The Morgan fingerprint density at radius 3 is 2.33 bits per heavy atom. The van der Waals surface area contributed by atoms with Gasteiger partial charge in [0.1, 0.15) is 5.75 Å². The lowest BCUT2D eigenvalue weighted by atomic mass is 9.86. The molecule has 0 aromatic heterocycles. The van der Waals surface area contributed by atoms with Crippen LogP contribution in [0.25, 0.3) is 0 Å². The van der Waals surface area contributed by atoms with Crippen LogP contribution in [0, 0.1) is 5.41 Å². The zero-order valence-corrected chi connectivity index (χ0v) is 17.5. The van der Waals surface area contributed by atoms with E-state index in [1.807, 2.05) is 0 Å². The normalized spacial score (nSPS) is 18.5. The molecule has 0 saturated carbocycles. The summed E-state index contributed by atoms with van der Waals surface area (Å²) in [7, 11) is 0. The fraction of sp³-hybridized carbons (Fsp3) is 0.364. The Hall–Kier alpha value is -3.24. The monoisotopic (exact) mass is 474 g/mol. The van der Waals surface area contributed by atoms with Gasteiger partial charge in [0.25, 0.3) is 5.91 Å². The lowest BCUT2D eigenvalue weighted by Gasteiger charge is -2.24. The second-order valence-electron chi connectivity index (χ2n) is 8.32. The zero-order valence-electron chi connectivity index (χ0n) is 17.5. The van der Waals surface area contributed by atoms with E-state index in [1.165, 1.54) is 32.0 Å². The van der Waals surface area contributed by atoms with Crippen molar-refractivity contribution in [1.82, 2.24) is 10.2 Å². The summed E-state index contributed by atoms with van der Waals surface area (Å²) in [6.07, 6.45) is -9.36. The lowest BCUT2D eigenvalue weighted by molar-refractivity contribution is -0.140. The third-order valence-electron chi connectivity index (χ3n) is 5.67. The topological polar surface area (TPSA) is 69.6 Å². The Balaban J connectivity index is 1.83. The van der Waals surface area contributed by atoms with Gasteiger partial charge in [-0.05, 0) is 43.7 Å². The number of carbonyl (C=O) groups is 2. The summed E-state index contributed by atoms with van der Waals surface area (Å²) in [6.45, 7) is 2.42. The van der Waals surface area contributed by atoms with E-state index in [9.17, 15) is 41.0 Å². The minimum absolute atomic E-state index is 0.128. The number of hydrogen-bond acceptors (Lipinski definition) is 3. The van der Waals surface area contributed by atoms with Crippen molar-refractivity contribution in [2.75, 3.05) is 6.54 Å². The van der Waals surface area contributed by atoms with Gasteiger partial charge in [0.05, 0.1) is 28.1 Å². The predicted octanol–water partition coefficient (Wildman–Crippen LogP) is 4.60. The molecule has 1 atom stereocenters. The second kappa shape index (κ2) is 8.27. The number of hydrogen-bond donors (Lipinski definition) is 2. The molecule has 0 aliphatic carbocycles. The van der Waals surface area contributed by atoms with Crippen molar-refractivity contribution in [3.8, 4) is 5.75 Å². The molecule has 178 valence electrons. The summed E-state index contributed by atoms with van der Waals surface area (Å²) in [4.78, 5) is 26.7. The summed E-state index contributed by atoms with van der Waals surface area (Å²) in [5.41, 5.74) is -4.04. The fourth-order valence-electron chi connectivity index (χ4n) is 3.72. The molecular weight excluding hydrogens is 454 g/mol. The number of phenolic OH excluding ortho intramolecular Hbond substituents is 1. The number of carbonyl (C=O) groups excluding carboxylic acids is 2. The molecule has 1 unspecified atom stereocenters. The molecule has 2 amide bonds. The highest BCUT2D eigenvalue weighted by atomic mass is 19.4. The zero-order chi connectivity index (χ0) is 24.8. The van der Waals surface area contributed by atoms with Gasteiger partial charge in [0.2, 0.25) is 5.91 Å². The van der Waals surface area contributed by atoms with Crippen molar-refractivity contribution in [2.45, 2.75) is 38.8 Å². The van der Waals surface area contributed by atoms with Crippen LogP contribution in [0.3, 0.4) is 0 Å². The molecule has 3 rings (SSSR count). The quantitative estimate of drug-likeness (QED) is 0.637. The van der Waals surface area contributed by atoms with Crippen LogP contribution in [0.4, 0.5) is 26.3 Å². The van der Waals surface area contributed by atoms with E-state index in [1.54, 1.807) is 0 Å². The smallest absolute Gasteiger partial charge is 0.416 e. The molecule has 0 radical (unpaired) electrons. The van der Waals surface area contributed by atoms with Crippen LogP contribution < -0.4 is 5.32 Å². The van der Waals surface area contributed by atoms with Crippen LogP contribution in [0.5, 0.6) is 5.75 Å². The van der Waals surface area contributed by atoms with E-state index in [2.05, 4.69) is 5.32 Å². The number of nitrogens with zero attached hydrogens (tertiary/aromatic N) is 1. The summed E-state index contributed by atoms with van der Waals surface area (Å²) >= 11 is 0. The number of rotatable bonds is 4. The fourth-order valence-corrected chi connectivity index (χ4v) is 3.72. The molecule has 33 heavy (non-hydrogen) atoms. The van der Waals surface area contributed by atoms with Gasteiger partial charge in [-0.3, -0.25) is 9.59 Å². The standard InChI is InChI=1S/C22H20F6N2O3/c1-20(2)17(29-18(32)14-9-13(21(23,24)25)7-8-16(14)31)11-30(19(20)33)10-12-5-3-4-6-15(12)22(26,27)28/h3-9,17,31H,10-11H2,1-2H3,(H,29,32). The molecule has 1 heterocycles. The first kappa shape index (κ1) is 24.4. The molecule has 1 fully saturated rings. The van der Waals surface area contributed by atoms with Crippen LogP contribution in [-0.4, -0.2) is 34.4 Å². The SMILES string of the molecule is CC1(C)C(=O)N(Cc2ccccc2C(F)(F)F)CC1NC(=O)c1cc(C(F)(F)F)ccc1O. The molecule has 2 aromatic carbocycles. The third kappa shape index (κ3) is 4.91. The van der Waals surface area contributed by atoms with Gasteiger partial charge in [0.15, 0.2) is 0 Å². The maximum Gasteiger partial charge on any atom is 0.416 e. The molecule has 1 saturated heterocycles. The Kier molecular flexibility index (Phi) is 6.12. The maximum atomic E-state index is 13.3. The molecule has 2 N–H and O–H groups in total. The average molecular weight is 474 g/mol. The highest BCUT2D eigenvalue weighted by molar-refractivity contribution is 5.98. The number of nitrogens with one attached hydrogen (secondary N) is 1. The van der Waals surface area contributed by atoms with Crippen molar-refractivity contribution < 1.29 is 41.0 Å². The Labute approximate surface area is 185 Å². The van der Waals surface area contributed by atoms with Gasteiger partial charge in [0, 0.05) is 13.1 Å². The van der Waals surface area contributed by atoms with Gasteiger partial charge >= 0.3 is 12.4 Å². The Morgan fingerprint density at radius 1 is 1.09 bits per heavy atom. The van der Waals surface area contributed by atoms with Crippen LogP contribution in [-0.2, 0) is 23.7 Å². The predicted molar refractivity (Wildman–Crippen MR) is 105 cm³/mol. The van der Waals surface area contributed by atoms with E-state index in [-0.39, 0.29) is 18.7 Å². The first-order valence-electron chi connectivity index (χ1n) is 9.78. The van der Waals surface area contributed by atoms with Crippen LogP contribution >= 0.6 is 0 Å². The molecule has 0 spiro atoms. The summed E-state index contributed by atoms with van der Waals surface area (Å²) in [5.74, 6) is -2.25. The molecular formula is C22H20F6N2O3. The number of alkyl halides is 6. The van der Waals surface area contributed by atoms with E-state index in [0.717, 1.165) is 17.0 Å². The number of benzene rings is 2. The summed E-state index contributed by atoms with van der Waals surface area (Å²) in [5, 5.41) is 12.3. The Bertz CT molecular complexity index is 1080. The number of likely N-dealkylation sites (tertiary alicyclic amines) is 1. The highest BCUT2D eigenvalue weighted by Crippen LogP contribution is 2.37.